The molecule has 10 nitrogen and oxygen atoms in total. The van der Waals surface area contributed by atoms with E-state index >= 15 is 0 Å². The van der Waals surface area contributed by atoms with Gasteiger partial charge in [0, 0.05) is 107 Å². The first kappa shape index (κ1) is 61.7. The number of para-hydroxylation sites is 4. The van der Waals surface area contributed by atoms with Crippen LogP contribution in [0.1, 0.15) is 13.7 Å². The Morgan fingerprint density at radius 3 is 1.11 bits per heavy atom. The lowest BCUT2D eigenvalue weighted by Crippen LogP contribution is -2.30. The average Bonchev–Trinajstić information content (AvgIpc) is 1.58. The Kier molecular flexibility index (Phi) is 15.5. The Labute approximate surface area is 716 Å². The lowest BCUT2D eigenvalue weighted by Gasteiger charge is -2.14. The predicted molar refractivity (Wildman–Crippen MR) is 503 cm³/mol. The maximum absolute atomic E-state index is 10.4. The number of nitrogens with zero attached hydrogens (tertiary/aromatic N) is 8. The summed E-state index contributed by atoms with van der Waals surface area (Å²) in [5.41, 5.74) is 13.0. The number of hydrogen-bond donors (Lipinski definition) is 2. The van der Waals surface area contributed by atoms with Gasteiger partial charge in [0.05, 0.1) is 35.8 Å². The Morgan fingerprint density at radius 2 is 0.642 bits per heavy atom. The van der Waals surface area contributed by atoms with Gasteiger partial charge in [0.25, 0.3) is 0 Å². The summed E-state index contributed by atoms with van der Waals surface area (Å²) in [4.78, 5) is 27.9. The maximum atomic E-state index is 10.4. The van der Waals surface area contributed by atoms with Crippen molar-refractivity contribution < 1.29 is 23.8 Å². The van der Waals surface area contributed by atoms with Crippen LogP contribution in [-0.4, -0.2) is 56.2 Å². The van der Waals surface area contributed by atoms with Gasteiger partial charge in [-0.25, -0.2) is 19.9 Å². The second kappa shape index (κ2) is 30.1. The molecule has 0 bridgehead atoms. The summed E-state index contributed by atoms with van der Waals surface area (Å²) in [6.45, 7) is 0. The van der Waals surface area contributed by atoms with Gasteiger partial charge in [-0.2, -0.15) is 9.97 Å². The number of fused-ring (bicyclic) bond motifs is 18. The van der Waals surface area contributed by atoms with E-state index in [9.17, 15) is 10.0 Å². The number of hydrogen-bond acceptors (Lipinski definition) is 10. The molecule has 0 fully saturated rings. The van der Waals surface area contributed by atoms with Gasteiger partial charge in [0.1, 0.15) is 0 Å². The number of aromatic nitrogens is 8. The summed E-state index contributed by atoms with van der Waals surface area (Å²) < 4.78 is 92.2. The monoisotopic (exact) mass is 1600 g/mol. The fourth-order valence-corrected chi connectivity index (χ4v) is 19.6. The minimum Gasteiger partial charge on any atom is -0.423 e. The lowest BCUT2D eigenvalue weighted by molar-refractivity contribution is 0.426. The van der Waals surface area contributed by atoms with Crippen molar-refractivity contribution in [3.8, 4) is 90.6 Å². The minimum atomic E-state index is -1.57. The molecule has 0 atom stereocenters. The number of thiophene rings is 2. The highest BCUT2D eigenvalue weighted by atomic mass is 35.5. The van der Waals surface area contributed by atoms with E-state index in [1.807, 2.05) is 97.1 Å². The van der Waals surface area contributed by atoms with Crippen LogP contribution >= 0.6 is 34.3 Å². The second-order valence-corrected chi connectivity index (χ2v) is 31.6. The first-order valence-corrected chi connectivity index (χ1v) is 41.0. The molecular weight excluding hydrogens is 1530 g/mol. The zero-order valence-electron chi connectivity index (χ0n) is 73.4. The van der Waals surface area contributed by atoms with E-state index in [1.54, 1.807) is 22.7 Å². The Balaban J connectivity index is 0.000000125. The van der Waals surface area contributed by atoms with E-state index in [4.69, 9.17) is 40.3 Å². The number of rotatable bonds is 10. The maximum Gasteiger partial charge on any atom is 0.489 e. The highest BCUT2D eigenvalue weighted by molar-refractivity contribution is 7.27. The van der Waals surface area contributed by atoms with E-state index in [0.717, 1.165) is 155 Å². The normalized spacial score (nSPS) is 12.8. The molecule has 0 aliphatic heterocycles. The highest BCUT2D eigenvalue weighted by Gasteiger charge is 2.26. The highest BCUT2D eigenvalue weighted by Crippen LogP contribution is 2.48. The number of halogens is 1. The van der Waals surface area contributed by atoms with Gasteiger partial charge in [0.2, 0.25) is 5.28 Å². The van der Waals surface area contributed by atoms with E-state index in [-0.39, 0.29) is 46.0 Å². The van der Waals surface area contributed by atoms with E-state index in [0.29, 0.717) is 28.2 Å². The first-order chi connectivity index (χ1) is 63.4. The molecule has 0 amide bonds. The molecular formula is C106H66BClN8O2S2. The SMILES string of the molecule is OB(O)c1cc(-n2c3ccccc3c3ccccc32)cc2c1sc1cccc(-c3ccccc3)c12.[2H]c1c([2H])c([2H])c(-c2nc(-c3ccc4c(ccc5ccccc54)c3)nc(-c3cc(-n4c5ccccc5c5ccccc54)cc4c3sc3cccc(-c5ccccc5)c34)n2)c([2H])c1[2H].[2H]c1c([2H])c([2H])c(-c2nc(Cl)nc(-c3ccc4c(ccc5ccccc54)c3)n2)c([2H])c1[2H]. The summed E-state index contributed by atoms with van der Waals surface area (Å²) in [6.07, 6.45) is 0. The topological polar surface area (TPSA) is 128 Å². The van der Waals surface area contributed by atoms with Crippen LogP contribution in [0.3, 0.4) is 0 Å². The van der Waals surface area contributed by atoms with Crippen molar-refractivity contribution in [2.24, 2.45) is 0 Å². The predicted octanol–water partition coefficient (Wildman–Crippen LogP) is 27.0. The first-order valence-electron chi connectivity index (χ1n) is 44.0. The molecule has 0 spiro atoms. The van der Waals surface area contributed by atoms with Crippen LogP contribution in [0, 0.1) is 0 Å². The fourth-order valence-electron chi connectivity index (χ4n) is 16.9. The molecule has 24 rings (SSSR count). The molecule has 0 aliphatic carbocycles. The van der Waals surface area contributed by atoms with Gasteiger partial charge in [0.15, 0.2) is 29.1 Å². The Bertz CT molecular complexity index is 8700. The van der Waals surface area contributed by atoms with Crippen LogP contribution in [-0.2, 0) is 0 Å². The zero-order chi connectivity index (χ0) is 88.6. The van der Waals surface area contributed by atoms with Crippen molar-refractivity contribution in [1.29, 1.82) is 0 Å². The van der Waals surface area contributed by atoms with Crippen LogP contribution < -0.4 is 5.46 Å². The van der Waals surface area contributed by atoms with Crippen molar-refractivity contribution >= 4 is 174 Å². The summed E-state index contributed by atoms with van der Waals surface area (Å²) in [5.74, 6) is 0.809. The minimum absolute atomic E-state index is 0.00730. The van der Waals surface area contributed by atoms with Crippen LogP contribution in [0.15, 0.2) is 388 Å². The number of benzene rings is 18. The molecule has 564 valence electrons. The molecule has 24 aromatic rings. The van der Waals surface area contributed by atoms with Crippen molar-refractivity contribution in [2.45, 2.75) is 0 Å². The van der Waals surface area contributed by atoms with Crippen molar-refractivity contribution in [2.75, 3.05) is 0 Å². The molecule has 18 aromatic carbocycles. The molecule has 6 aromatic heterocycles. The van der Waals surface area contributed by atoms with Crippen LogP contribution in [0.25, 0.3) is 218 Å². The van der Waals surface area contributed by atoms with Gasteiger partial charge in [-0.05, 0) is 150 Å². The molecule has 14 heteroatoms. The van der Waals surface area contributed by atoms with Crippen LogP contribution in [0.2, 0.25) is 5.28 Å². The van der Waals surface area contributed by atoms with Gasteiger partial charge >= 0.3 is 7.12 Å². The Hall–Kier alpha value is -14.7. The van der Waals surface area contributed by atoms with Crippen LogP contribution in [0.4, 0.5) is 0 Å². The lowest BCUT2D eigenvalue weighted by atomic mass is 9.79. The molecule has 120 heavy (non-hydrogen) atoms. The molecule has 0 saturated carbocycles. The average molecular weight is 1600 g/mol. The van der Waals surface area contributed by atoms with E-state index in [2.05, 4.69) is 255 Å². The van der Waals surface area contributed by atoms with E-state index < -0.39 is 55.5 Å². The van der Waals surface area contributed by atoms with Crippen molar-refractivity contribution in [3.63, 3.8) is 0 Å². The summed E-state index contributed by atoms with van der Waals surface area (Å²) >= 11 is 9.41. The molecule has 0 aliphatic rings. The second-order valence-electron chi connectivity index (χ2n) is 29.2. The van der Waals surface area contributed by atoms with Crippen molar-refractivity contribution in [1.82, 2.24) is 39.0 Å². The van der Waals surface area contributed by atoms with Gasteiger partial charge in [-0.15, -0.1) is 22.7 Å². The van der Waals surface area contributed by atoms with Gasteiger partial charge in [-0.1, -0.05) is 315 Å². The standard InChI is InChI=1S/C53H32N4S.C30H20BNO2S.C23H14ClN3/c1-3-14-33(15-4-1)41-22-13-25-48-49(41)44-31-38(57-46-23-11-9-20-42(46)43-21-10-12-24-47(43)57)32-45(50(44)58-48)53-55-51(35-17-5-2-6-18-35)54-52(56-53)37-28-29-40-36(30-37)27-26-34-16-7-8-19-39(34)40;33-31(34)25-18-20(32-26-14-6-4-11-22(26)23-12-5-7-15-27(23)32)17-24-29-21(19-9-2-1-3-10-19)13-8-16-28(29)35-30(24)25;24-23-26-21(16-7-2-1-3-8-16)25-22(27-23)18-12-13-20-17(14-18)11-10-15-6-4-5-9-19(15)20/h1-32H;1-18,33-34H;1-14H/i2D,5D,6D,17D,18D;;1D,2D,3D,7D,8D. The largest absolute Gasteiger partial charge is 0.489 e. The summed E-state index contributed by atoms with van der Waals surface area (Å²) in [6, 6.07) is 108. The zero-order valence-corrected chi connectivity index (χ0v) is 65.8. The van der Waals surface area contributed by atoms with Gasteiger partial charge in [-0.3, -0.25) is 0 Å². The third-order valence-corrected chi connectivity index (χ3v) is 24.8. The third kappa shape index (κ3) is 12.7. The molecule has 0 unspecified atom stereocenters. The van der Waals surface area contributed by atoms with Crippen molar-refractivity contribution in [3.05, 3.63) is 393 Å². The summed E-state index contributed by atoms with van der Waals surface area (Å²) in [7, 11) is -1.57. The molecule has 0 saturated heterocycles. The molecule has 6 heterocycles. The van der Waals surface area contributed by atoms with Gasteiger partial charge < -0.3 is 19.2 Å². The molecule has 2 N–H and O–H groups in total. The third-order valence-electron chi connectivity index (χ3n) is 22.3. The quantitative estimate of drug-likeness (QED) is 0.102. The van der Waals surface area contributed by atoms with E-state index in [1.165, 1.54) is 10.8 Å². The van der Waals surface area contributed by atoms with Crippen LogP contribution in [0.5, 0.6) is 0 Å². The fraction of sp³-hybridized carbons (Fsp3) is 0. The molecule has 0 radical (unpaired) electrons. The summed E-state index contributed by atoms with van der Waals surface area (Å²) in [5, 5.41) is 38.3. The Morgan fingerprint density at radius 1 is 0.275 bits per heavy atom. The smallest absolute Gasteiger partial charge is 0.423 e.